The lowest BCUT2D eigenvalue weighted by Crippen LogP contribution is -2.40. The summed E-state index contributed by atoms with van der Waals surface area (Å²) in [5, 5.41) is 10.3. The number of carbonyl (C=O) groups is 1. The maximum atomic E-state index is 12.6. The molecular weight excluding hydrogens is 432 g/mol. The van der Waals surface area contributed by atoms with Gasteiger partial charge in [0.05, 0.1) is 12.5 Å². The summed E-state index contributed by atoms with van der Waals surface area (Å²) < 4.78 is 0. The highest BCUT2D eigenvalue weighted by Crippen LogP contribution is 2.33. The molecule has 33 heavy (non-hydrogen) atoms. The quantitative estimate of drug-likeness (QED) is 0.525. The van der Waals surface area contributed by atoms with Crippen LogP contribution in [0.3, 0.4) is 0 Å². The van der Waals surface area contributed by atoms with E-state index < -0.39 is 0 Å². The number of amides is 1. The number of aliphatic hydroxyl groups is 1. The number of hydrogen-bond acceptors (Lipinski definition) is 3. The Bertz CT molecular complexity index is 1140. The lowest BCUT2D eigenvalue weighted by molar-refractivity contribution is -0.132. The Morgan fingerprint density at radius 1 is 1.03 bits per heavy atom. The summed E-state index contributed by atoms with van der Waals surface area (Å²) in [5.41, 5.74) is 6.17. The van der Waals surface area contributed by atoms with Gasteiger partial charge in [-0.25, -0.2) is 0 Å². The van der Waals surface area contributed by atoms with Crippen molar-refractivity contribution in [1.29, 1.82) is 0 Å². The van der Waals surface area contributed by atoms with E-state index in [1.807, 2.05) is 41.4 Å². The van der Waals surface area contributed by atoms with Gasteiger partial charge in [0.2, 0.25) is 5.91 Å². The third-order valence-electron chi connectivity index (χ3n) is 6.24. The van der Waals surface area contributed by atoms with Crippen molar-refractivity contribution in [3.63, 3.8) is 0 Å². The molecule has 5 heteroatoms. The van der Waals surface area contributed by atoms with Crippen molar-refractivity contribution in [3.8, 4) is 22.3 Å². The Balaban J connectivity index is 1.54. The second kappa shape index (κ2) is 9.66. The molecule has 0 radical (unpaired) electrons. The molecule has 1 aliphatic rings. The molecular formula is C28H31ClN2O2. The molecule has 0 atom stereocenters. The fraction of sp³-hybridized carbons (Fsp3) is 0.357. The summed E-state index contributed by atoms with van der Waals surface area (Å²) in [4.78, 5) is 19.0. The van der Waals surface area contributed by atoms with Crippen LogP contribution in [0.15, 0.2) is 60.8 Å². The molecule has 1 aromatic heterocycles. The summed E-state index contributed by atoms with van der Waals surface area (Å²) in [5.74, 6) is 0.0834. The van der Waals surface area contributed by atoms with Crippen molar-refractivity contribution in [2.24, 2.45) is 0 Å². The number of aromatic nitrogens is 1. The van der Waals surface area contributed by atoms with Gasteiger partial charge < -0.3 is 10.0 Å². The highest BCUT2D eigenvalue weighted by Gasteiger charge is 2.21. The second-order valence-electron chi connectivity index (χ2n) is 9.86. The van der Waals surface area contributed by atoms with Crippen molar-refractivity contribution in [2.75, 3.05) is 13.1 Å². The van der Waals surface area contributed by atoms with E-state index in [0.717, 1.165) is 33.5 Å². The third kappa shape index (κ3) is 5.63. The van der Waals surface area contributed by atoms with Gasteiger partial charge in [0, 0.05) is 41.0 Å². The molecule has 0 bridgehead atoms. The van der Waals surface area contributed by atoms with Gasteiger partial charge in [-0.3, -0.25) is 9.78 Å². The van der Waals surface area contributed by atoms with Crippen LogP contribution in [0.4, 0.5) is 0 Å². The molecule has 1 saturated heterocycles. The normalized spacial score (nSPS) is 15.0. The summed E-state index contributed by atoms with van der Waals surface area (Å²) in [7, 11) is 0. The van der Waals surface area contributed by atoms with Crippen molar-refractivity contribution >= 4 is 17.5 Å². The van der Waals surface area contributed by atoms with Crippen LogP contribution in [0.5, 0.6) is 0 Å². The minimum atomic E-state index is -0.286. The first kappa shape index (κ1) is 23.5. The van der Waals surface area contributed by atoms with Gasteiger partial charge in [-0.15, -0.1) is 0 Å². The Morgan fingerprint density at radius 2 is 1.73 bits per heavy atom. The van der Waals surface area contributed by atoms with Crippen LogP contribution in [0.2, 0.25) is 5.02 Å². The Hall–Kier alpha value is -2.69. The van der Waals surface area contributed by atoms with Gasteiger partial charge in [-0.1, -0.05) is 62.7 Å². The number of nitrogens with zero attached hydrogens (tertiary/aromatic N) is 2. The molecule has 0 spiro atoms. The van der Waals surface area contributed by atoms with Crippen LogP contribution in [0.25, 0.3) is 22.3 Å². The minimum Gasteiger partial charge on any atom is -0.393 e. The van der Waals surface area contributed by atoms with Gasteiger partial charge in [-0.05, 0) is 59.4 Å². The molecule has 0 saturated carbocycles. The zero-order chi connectivity index (χ0) is 23.6. The first-order valence-corrected chi connectivity index (χ1v) is 11.9. The van der Waals surface area contributed by atoms with E-state index in [1.54, 1.807) is 0 Å². The first-order chi connectivity index (χ1) is 15.7. The standard InChI is InChI=1S/C28H31ClN2O2/c1-28(2,3)26-18-21(9-12-30-26)20-5-4-6-22(17-20)24-8-7-19(15-25(24)29)16-27(33)31-13-10-23(32)11-14-31/h4-9,12,15,17-18,23,32H,10-11,13-14,16H2,1-3H3. The van der Waals surface area contributed by atoms with Crippen LogP contribution in [0.1, 0.15) is 44.9 Å². The predicted molar refractivity (Wildman–Crippen MR) is 134 cm³/mol. The fourth-order valence-electron chi connectivity index (χ4n) is 4.19. The number of piperidine rings is 1. The number of pyridine rings is 1. The molecule has 0 aliphatic carbocycles. The monoisotopic (exact) mass is 462 g/mol. The van der Waals surface area contributed by atoms with Gasteiger partial charge in [0.25, 0.3) is 0 Å². The average Bonchev–Trinajstić information content (AvgIpc) is 2.79. The molecule has 2 heterocycles. The van der Waals surface area contributed by atoms with Crippen molar-refractivity contribution in [3.05, 3.63) is 77.1 Å². The maximum absolute atomic E-state index is 12.6. The molecule has 2 aromatic carbocycles. The summed E-state index contributed by atoms with van der Waals surface area (Å²) in [6.45, 7) is 7.72. The molecule has 0 unspecified atom stereocenters. The Kier molecular flexibility index (Phi) is 6.87. The van der Waals surface area contributed by atoms with Crippen LogP contribution < -0.4 is 0 Å². The number of halogens is 1. The lowest BCUT2D eigenvalue weighted by Gasteiger charge is -2.29. The maximum Gasteiger partial charge on any atom is 0.226 e. The van der Waals surface area contributed by atoms with E-state index in [4.69, 9.17) is 11.6 Å². The van der Waals surface area contributed by atoms with E-state index in [2.05, 4.69) is 50.0 Å². The molecule has 1 amide bonds. The van der Waals surface area contributed by atoms with Crippen molar-refractivity contribution < 1.29 is 9.90 Å². The number of carbonyl (C=O) groups excluding carboxylic acids is 1. The highest BCUT2D eigenvalue weighted by atomic mass is 35.5. The SMILES string of the molecule is CC(C)(C)c1cc(-c2cccc(-c3ccc(CC(=O)N4CCC(O)CC4)cc3Cl)c2)ccn1. The lowest BCUT2D eigenvalue weighted by atomic mass is 9.89. The molecule has 1 N–H and O–H groups in total. The number of hydrogen-bond donors (Lipinski definition) is 1. The topological polar surface area (TPSA) is 53.4 Å². The summed E-state index contributed by atoms with van der Waals surface area (Å²) in [6.07, 6.45) is 3.20. The van der Waals surface area contributed by atoms with Gasteiger partial charge in [0.15, 0.2) is 0 Å². The van der Waals surface area contributed by atoms with Crippen LogP contribution in [-0.4, -0.2) is 40.1 Å². The molecule has 1 aliphatic heterocycles. The molecule has 4 nitrogen and oxygen atoms in total. The van der Waals surface area contributed by atoms with Crippen LogP contribution >= 0.6 is 11.6 Å². The Labute approximate surface area is 201 Å². The largest absolute Gasteiger partial charge is 0.393 e. The first-order valence-electron chi connectivity index (χ1n) is 11.5. The number of aliphatic hydroxyl groups excluding tert-OH is 1. The zero-order valence-corrected chi connectivity index (χ0v) is 20.3. The van der Waals surface area contributed by atoms with Crippen LogP contribution in [0, 0.1) is 0 Å². The number of likely N-dealkylation sites (tertiary alicyclic amines) is 1. The van der Waals surface area contributed by atoms with E-state index in [-0.39, 0.29) is 17.4 Å². The van der Waals surface area contributed by atoms with Gasteiger partial charge >= 0.3 is 0 Å². The molecule has 1 fully saturated rings. The van der Waals surface area contributed by atoms with E-state index in [9.17, 15) is 9.90 Å². The number of rotatable bonds is 4. The third-order valence-corrected chi connectivity index (χ3v) is 6.55. The predicted octanol–water partition coefficient (Wildman–Crippen LogP) is 5.89. The zero-order valence-electron chi connectivity index (χ0n) is 19.5. The smallest absolute Gasteiger partial charge is 0.226 e. The highest BCUT2D eigenvalue weighted by molar-refractivity contribution is 6.33. The molecule has 172 valence electrons. The summed E-state index contributed by atoms with van der Waals surface area (Å²) >= 11 is 6.67. The van der Waals surface area contributed by atoms with Crippen LogP contribution in [-0.2, 0) is 16.6 Å². The minimum absolute atomic E-state index is 0.0157. The van der Waals surface area contributed by atoms with Gasteiger partial charge in [0.1, 0.15) is 0 Å². The molecule has 3 aromatic rings. The van der Waals surface area contributed by atoms with Gasteiger partial charge in [-0.2, -0.15) is 0 Å². The average molecular weight is 463 g/mol. The van der Waals surface area contributed by atoms with Crippen molar-refractivity contribution in [1.82, 2.24) is 9.88 Å². The van der Waals surface area contributed by atoms with E-state index in [0.29, 0.717) is 37.4 Å². The number of benzene rings is 2. The summed E-state index contributed by atoms with van der Waals surface area (Å²) in [6, 6.07) is 18.4. The van der Waals surface area contributed by atoms with E-state index in [1.165, 1.54) is 0 Å². The second-order valence-corrected chi connectivity index (χ2v) is 10.3. The fourth-order valence-corrected chi connectivity index (χ4v) is 4.50. The Morgan fingerprint density at radius 3 is 2.42 bits per heavy atom. The van der Waals surface area contributed by atoms with Crippen molar-refractivity contribution in [2.45, 2.75) is 51.6 Å². The molecule has 4 rings (SSSR count). The van der Waals surface area contributed by atoms with E-state index >= 15 is 0 Å².